The lowest BCUT2D eigenvalue weighted by Crippen LogP contribution is -2.23. The quantitative estimate of drug-likeness (QED) is 0.367. The van der Waals surface area contributed by atoms with Crippen LogP contribution < -0.4 is 10.7 Å². The lowest BCUT2D eigenvalue weighted by molar-refractivity contribution is -0.384. The van der Waals surface area contributed by atoms with Gasteiger partial charge in [-0.2, -0.15) is 5.10 Å². The second-order valence-corrected chi connectivity index (χ2v) is 5.51. The third-order valence-electron chi connectivity index (χ3n) is 2.54. The molecule has 0 aromatic heterocycles. The summed E-state index contributed by atoms with van der Waals surface area (Å²) in [7, 11) is 0. The van der Waals surface area contributed by atoms with Gasteiger partial charge in [0.2, 0.25) is 0 Å². The Labute approximate surface area is 140 Å². The number of nitrogens with zero attached hydrogens (tertiary/aromatic N) is 2. The van der Waals surface area contributed by atoms with E-state index in [0.29, 0.717) is 10.7 Å². The van der Waals surface area contributed by atoms with Crippen molar-refractivity contribution in [2.45, 2.75) is 0 Å². The predicted molar refractivity (Wildman–Crippen MR) is 94.2 cm³/mol. The van der Waals surface area contributed by atoms with Crippen molar-refractivity contribution in [1.82, 2.24) is 5.43 Å². The van der Waals surface area contributed by atoms with Gasteiger partial charge in [-0.3, -0.25) is 15.5 Å². The summed E-state index contributed by atoms with van der Waals surface area (Å²) >= 11 is 8.47. The Morgan fingerprint density at radius 3 is 2.77 bits per heavy atom. The van der Waals surface area contributed by atoms with Gasteiger partial charge >= 0.3 is 0 Å². The fourth-order valence-corrected chi connectivity index (χ4v) is 2.18. The van der Waals surface area contributed by atoms with Crippen LogP contribution in [0.1, 0.15) is 5.56 Å². The molecule has 0 saturated heterocycles. The van der Waals surface area contributed by atoms with Crippen LogP contribution in [0.25, 0.3) is 0 Å². The Balaban J connectivity index is 1.93. The molecule has 0 spiro atoms. The molecule has 2 rings (SSSR count). The normalized spacial score (nSPS) is 10.4. The second kappa shape index (κ2) is 7.62. The molecule has 2 aromatic rings. The number of nitrogens with one attached hydrogen (secondary N) is 2. The molecule has 0 atom stereocenters. The smallest absolute Gasteiger partial charge is 0.270 e. The van der Waals surface area contributed by atoms with E-state index in [1.807, 2.05) is 24.3 Å². The Morgan fingerprint density at radius 1 is 1.27 bits per heavy atom. The summed E-state index contributed by atoms with van der Waals surface area (Å²) in [6, 6.07) is 13.7. The maximum Gasteiger partial charge on any atom is 0.270 e. The molecule has 0 bridgehead atoms. The van der Waals surface area contributed by atoms with Crippen LogP contribution in [-0.2, 0) is 0 Å². The van der Waals surface area contributed by atoms with Gasteiger partial charge in [-0.1, -0.05) is 34.1 Å². The minimum atomic E-state index is -0.454. The SMILES string of the molecule is O=[N+]([O-])c1cccc(/C=N\NC(=S)Nc2cccc(Br)c2)c1. The highest BCUT2D eigenvalue weighted by Gasteiger charge is 2.04. The van der Waals surface area contributed by atoms with Crippen molar-refractivity contribution < 1.29 is 4.92 Å². The van der Waals surface area contributed by atoms with Gasteiger partial charge in [-0.15, -0.1) is 0 Å². The number of benzene rings is 2. The van der Waals surface area contributed by atoms with Gasteiger partial charge in [-0.25, -0.2) is 0 Å². The third-order valence-corrected chi connectivity index (χ3v) is 3.23. The maximum absolute atomic E-state index is 10.7. The summed E-state index contributed by atoms with van der Waals surface area (Å²) in [6.07, 6.45) is 1.46. The minimum absolute atomic E-state index is 0.0128. The van der Waals surface area contributed by atoms with Crippen molar-refractivity contribution in [1.29, 1.82) is 0 Å². The molecule has 0 fully saturated rings. The molecule has 0 aliphatic carbocycles. The van der Waals surface area contributed by atoms with E-state index in [0.717, 1.165) is 10.2 Å². The zero-order chi connectivity index (χ0) is 15.9. The third kappa shape index (κ3) is 4.90. The molecule has 6 nitrogen and oxygen atoms in total. The number of rotatable bonds is 4. The molecule has 22 heavy (non-hydrogen) atoms. The number of halogens is 1. The van der Waals surface area contributed by atoms with E-state index in [2.05, 4.69) is 31.8 Å². The zero-order valence-electron chi connectivity index (χ0n) is 11.2. The minimum Gasteiger partial charge on any atom is -0.331 e. The number of hydrogen-bond acceptors (Lipinski definition) is 4. The van der Waals surface area contributed by atoms with E-state index in [4.69, 9.17) is 12.2 Å². The van der Waals surface area contributed by atoms with Crippen LogP contribution in [0, 0.1) is 10.1 Å². The fourth-order valence-electron chi connectivity index (χ4n) is 1.61. The zero-order valence-corrected chi connectivity index (χ0v) is 13.6. The van der Waals surface area contributed by atoms with E-state index in [1.165, 1.54) is 18.3 Å². The van der Waals surface area contributed by atoms with Crippen molar-refractivity contribution >= 4 is 50.8 Å². The van der Waals surface area contributed by atoms with Crippen molar-refractivity contribution in [3.05, 3.63) is 68.7 Å². The van der Waals surface area contributed by atoms with Crippen LogP contribution >= 0.6 is 28.1 Å². The summed E-state index contributed by atoms with van der Waals surface area (Å²) in [5, 5.41) is 17.9. The lowest BCUT2D eigenvalue weighted by Gasteiger charge is -2.06. The Morgan fingerprint density at radius 2 is 2.05 bits per heavy atom. The largest absolute Gasteiger partial charge is 0.331 e. The number of anilines is 1. The van der Waals surface area contributed by atoms with Crippen LogP contribution in [0.4, 0.5) is 11.4 Å². The molecule has 0 unspecified atom stereocenters. The van der Waals surface area contributed by atoms with Gasteiger partial charge in [0.15, 0.2) is 5.11 Å². The highest BCUT2D eigenvalue weighted by molar-refractivity contribution is 9.10. The van der Waals surface area contributed by atoms with Gasteiger partial charge < -0.3 is 5.32 Å². The summed E-state index contributed by atoms with van der Waals surface area (Å²) in [4.78, 5) is 10.2. The van der Waals surface area contributed by atoms with Gasteiger partial charge in [0.1, 0.15) is 0 Å². The Kier molecular flexibility index (Phi) is 5.56. The van der Waals surface area contributed by atoms with Crippen molar-refractivity contribution in [2.75, 3.05) is 5.32 Å². The topological polar surface area (TPSA) is 79.6 Å². The molecule has 0 saturated carbocycles. The van der Waals surface area contributed by atoms with E-state index in [-0.39, 0.29) is 5.69 Å². The number of non-ortho nitro benzene ring substituents is 1. The first-order valence-electron chi connectivity index (χ1n) is 6.15. The molecule has 2 aromatic carbocycles. The van der Waals surface area contributed by atoms with Crippen LogP contribution in [-0.4, -0.2) is 16.3 Å². The first-order valence-corrected chi connectivity index (χ1v) is 7.35. The van der Waals surface area contributed by atoms with Gasteiger partial charge in [0.05, 0.1) is 11.1 Å². The molecule has 0 amide bonds. The van der Waals surface area contributed by atoms with Gasteiger partial charge in [0.25, 0.3) is 5.69 Å². The van der Waals surface area contributed by atoms with E-state index in [9.17, 15) is 10.1 Å². The number of nitro groups is 1. The van der Waals surface area contributed by atoms with E-state index < -0.39 is 4.92 Å². The van der Waals surface area contributed by atoms with E-state index >= 15 is 0 Å². The number of hydrazone groups is 1. The highest BCUT2D eigenvalue weighted by atomic mass is 79.9. The summed E-state index contributed by atoms with van der Waals surface area (Å²) in [5.74, 6) is 0. The molecule has 112 valence electrons. The molecule has 0 aliphatic heterocycles. The number of thiocarbonyl (C=S) groups is 1. The first-order chi connectivity index (χ1) is 10.5. The van der Waals surface area contributed by atoms with Crippen LogP contribution in [0.5, 0.6) is 0 Å². The van der Waals surface area contributed by atoms with Gasteiger partial charge in [-0.05, 0) is 30.4 Å². The van der Waals surface area contributed by atoms with Crippen molar-refractivity contribution in [2.24, 2.45) is 5.10 Å². The molecular weight excluding hydrogens is 368 g/mol. The lowest BCUT2D eigenvalue weighted by atomic mass is 10.2. The highest BCUT2D eigenvalue weighted by Crippen LogP contribution is 2.15. The molecular formula is C14H11BrN4O2S. The van der Waals surface area contributed by atoms with Gasteiger partial charge in [0, 0.05) is 27.9 Å². The van der Waals surface area contributed by atoms with Crippen LogP contribution in [0.15, 0.2) is 58.1 Å². The number of nitro benzene ring substituents is 1. The van der Waals surface area contributed by atoms with Crippen molar-refractivity contribution in [3.63, 3.8) is 0 Å². The average Bonchev–Trinajstić information content (AvgIpc) is 2.47. The monoisotopic (exact) mass is 378 g/mol. The standard InChI is InChI=1S/C14H11BrN4O2S/c15-11-4-2-5-12(8-11)17-14(22)18-16-9-10-3-1-6-13(7-10)19(20)21/h1-9H,(H2,17,18,22)/b16-9-. The average molecular weight is 379 g/mol. The van der Waals surface area contributed by atoms with Crippen molar-refractivity contribution in [3.8, 4) is 0 Å². The Bertz CT molecular complexity index is 736. The van der Waals surface area contributed by atoms with E-state index in [1.54, 1.807) is 12.1 Å². The van der Waals surface area contributed by atoms with Crippen LogP contribution in [0.2, 0.25) is 0 Å². The second-order valence-electron chi connectivity index (χ2n) is 4.19. The molecule has 0 heterocycles. The summed E-state index contributed by atoms with van der Waals surface area (Å²) < 4.78 is 0.931. The molecule has 0 aliphatic rings. The maximum atomic E-state index is 10.7. The fraction of sp³-hybridized carbons (Fsp3) is 0. The molecule has 8 heteroatoms. The number of hydrogen-bond donors (Lipinski definition) is 2. The summed E-state index contributed by atoms with van der Waals surface area (Å²) in [5.41, 5.74) is 4.09. The summed E-state index contributed by atoms with van der Waals surface area (Å²) in [6.45, 7) is 0. The molecule has 0 radical (unpaired) electrons. The van der Waals surface area contributed by atoms with Crippen LogP contribution in [0.3, 0.4) is 0 Å². The predicted octanol–water partition coefficient (Wildman–Crippen LogP) is 3.68. The molecule has 2 N–H and O–H groups in total. The Hall–Kier alpha value is -2.32. The first kappa shape index (κ1) is 16.1.